The normalized spacial score (nSPS) is 10.3. The van der Waals surface area contributed by atoms with Crippen LogP contribution < -0.4 is 5.32 Å². The van der Waals surface area contributed by atoms with Crippen molar-refractivity contribution in [1.29, 1.82) is 0 Å². The van der Waals surface area contributed by atoms with Gasteiger partial charge in [-0.05, 0) is 23.8 Å². The summed E-state index contributed by atoms with van der Waals surface area (Å²) < 4.78 is 13.4. The quantitative estimate of drug-likeness (QED) is 0.772. The van der Waals surface area contributed by atoms with Gasteiger partial charge in [0.05, 0.1) is 11.8 Å². The van der Waals surface area contributed by atoms with Crippen LogP contribution in [0.4, 0.5) is 10.1 Å². The zero-order chi connectivity index (χ0) is 14.7. The fourth-order valence-electron chi connectivity index (χ4n) is 2.07. The monoisotopic (exact) mass is 281 g/mol. The van der Waals surface area contributed by atoms with Gasteiger partial charge in [0.15, 0.2) is 0 Å². The van der Waals surface area contributed by atoms with Crippen LogP contribution in [0.3, 0.4) is 0 Å². The van der Waals surface area contributed by atoms with Gasteiger partial charge in [0.25, 0.3) is 5.91 Å². The molecule has 0 atom stereocenters. The molecule has 0 aliphatic rings. The van der Waals surface area contributed by atoms with Crippen LogP contribution in [0.25, 0.3) is 11.1 Å². The SMILES string of the molecule is O=C(Nc1ccccc1-c1cccc(F)c1)c1cn[nH]c1. The van der Waals surface area contributed by atoms with Crippen molar-refractivity contribution in [3.63, 3.8) is 0 Å². The van der Waals surface area contributed by atoms with Gasteiger partial charge in [0.2, 0.25) is 0 Å². The van der Waals surface area contributed by atoms with E-state index in [1.807, 2.05) is 18.2 Å². The Morgan fingerprint density at radius 2 is 2.00 bits per heavy atom. The van der Waals surface area contributed by atoms with Crippen LogP contribution in [0.2, 0.25) is 0 Å². The number of aromatic amines is 1. The van der Waals surface area contributed by atoms with Gasteiger partial charge in [-0.1, -0.05) is 30.3 Å². The van der Waals surface area contributed by atoms with Gasteiger partial charge < -0.3 is 5.32 Å². The molecule has 1 aromatic heterocycles. The summed E-state index contributed by atoms with van der Waals surface area (Å²) in [5.41, 5.74) is 2.52. The molecule has 2 N–H and O–H groups in total. The van der Waals surface area contributed by atoms with E-state index in [4.69, 9.17) is 0 Å². The first kappa shape index (κ1) is 13.1. The van der Waals surface area contributed by atoms with Crippen molar-refractivity contribution >= 4 is 11.6 Å². The predicted molar refractivity (Wildman–Crippen MR) is 78.4 cm³/mol. The number of anilines is 1. The zero-order valence-corrected chi connectivity index (χ0v) is 11.0. The number of rotatable bonds is 3. The molecule has 4 nitrogen and oxygen atoms in total. The lowest BCUT2D eigenvalue weighted by atomic mass is 10.0. The van der Waals surface area contributed by atoms with E-state index >= 15 is 0 Å². The lowest BCUT2D eigenvalue weighted by Crippen LogP contribution is -2.11. The molecular formula is C16H12FN3O. The Bertz CT molecular complexity index is 769. The third kappa shape index (κ3) is 2.81. The van der Waals surface area contributed by atoms with Gasteiger partial charge in [-0.2, -0.15) is 5.10 Å². The van der Waals surface area contributed by atoms with Crippen molar-refractivity contribution in [2.45, 2.75) is 0 Å². The van der Waals surface area contributed by atoms with Crippen molar-refractivity contribution in [1.82, 2.24) is 10.2 Å². The highest BCUT2D eigenvalue weighted by Crippen LogP contribution is 2.28. The van der Waals surface area contributed by atoms with Gasteiger partial charge >= 0.3 is 0 Å². The topological polar surface area (TPSA) is 57.8 Å². The van der Waals surface area contributed by atoms with Gasteiger partial charge in [-0.3, -0.25) is 9.89 Å². The second-order valence-corrected chi connectivity index (χ2v) is 4.50. The molecule has 0 radical (unpaired) electrons. The fraction of sp³-hybridized carbons (Fsp3) is 0. The van der Waals surface area contributed by atoms with E-state index in [9.17, 15) is 9.18 Å². The molecular weight excluding hydrogens is 269 g/mol. The average Bonchev–Trinajstić information content (AvgIpc) is 3.02. The molecule has 2 aromatic carbocycles. The third-order valence-electron chi connectivity index (χ3n) is 3.07. The van der Waals surface area contributed by atoms with E-state index in [1.54, 1.807) is 18.2 Å². The Hall–Kier alpha value is -2.95. The molecule has 104 valence electrons. The zero-order valence-electron chi connectivity index (χ0n) is 11.0. The maximum absolute atomic E-state index is 13.4. The van der Waals surface area contributed by atoms with Crippen molar-refractivity contribution in [3.8, 4) is 11.1 Å². The highest BCUT2D eigenvalue weighted by molar-refractivity contribution is 6.05. The van der Waals surface area contributed by atoms with Gasteiger partial charge in [-0.25, -0.2) is 4.39 Å². The van der Waals surface area contributed by atoms with E-state index < -0.39 is 0 Å². The molecule has 0 saturated carbocycles. The van der Waals surface area contributed by atoms with E-state index in [0.29, 0.717) is 16.8 Å². The molecule has 1 amide bonds. The number of carbonyl (C=O) groups is 1. The lowest BCUT2D eigenvalue weighted by Gasteiger charge is -2.10. The number of benzene rings is 2. The van der Waals surface area contributed by atoms with Gasteiger partial charge in [-0.15, -0.1) is 0 Å². The second kappa shape index (κ2) is 5.58. The van der Waals surface area contributed by atoms with Gasteiger partial charge in [0, 0.05) is 17.4 Å². The second-order valence-electron chi connectivity index (χ2n) is 4.50. The number of para-hydroxylation sites is 1. The molecule has 3 aromatic rings. The van der Waals surface area contributed by atoms with Crippen molar-refractivity contribution in [3.05, 3.63) is 72.3 Å². The van der Waals surface area contributed by atoms with E-state index in [-0.39, 0.29) is 11.7 Å². The van der Waals surface area contributed by atoms with E-state index in [2.05, 4.69) is 15.5 Å². The molecule has 5 heteroatoms. The summed E-state index contributed by atoms with van der Waals surface area (Å²) >= 11 is 0. The number of amides is 1. The maximum atomic E-state index is 13.4. The summed E-state index contributed by atoms with van der Waals surface area (Å²) in [6.45, 7) is 0. The third-order valence-corrected chi connectivity index (χ3v) is 3.07. The number of H-pyrrole nitrogens is 1. The van der Waals surface area contributed by atoms with Crippen molar-refractivity contribution in [2.24, 2.45) is 0 Å². The summed E-state index contributed by atoms with van der Waals surface area (Å²) in [5.74, 6) is -0.587. The Morgan fingerprint density at radius 1 is 1.14 bits per heavy atom. The van der Waals surface area contributed by atoms with Crippen LogP contribution in [0, 0.1) is 5.82 Å². The molecule has 1 heterocycles. The first-order valence-corrected chi connectivity index (χ1v) is 6.39. The predicted octanol–water partition coefficient (Wildman–Crippen LogP) is 3.47. The number of nitrogens with one attached hydrogen (secondary N) is 2. The van der Waals surface area contributed by atoms with E-state index in [1.165, 1.54) is 24.5 Å². The Morgan fingerprint density at radius 3 is 2.76 bits per heavy atom. The maximum Gasteiger partial charge on any atom is 0.258 e. The number of hydrogen-bond acceptors (Lipinski definition) is 2. The number of hydrogen-bond donors (Lipinski definition) is 2. The molecule has 0 bridgehead atoms. The van der Waals surface area contributed by atoms with Crippen LogP contribution in [0.5, 0.6) is 0 Å². The number of halogens is 1. The van der Waals surface area contributed by atoms with Crippen molar-refractivity contribution < 1.29 is 9.18 Å². The minimum Gasteiger partial charge on any atom is -0.321 e. The summed E-state index contributed by atoms with van der Waals surface area (Å²) in [6, 6.07) is 13.5. The van der Waals surface area contributed by atoms with Crippen LogP contribution in [0.1, 0.15) is 10.4 Å². The number of aromatic nitrogens is 2. The summed E-state index contributed by atoms with van der Waals surface area (Å²) in [4.78, 5) is 12.1. The first-order chi connectivity index (χ1) is 10.2. The molecule has 0 aliphatic heterocycles. The standard InChI is InChI=1S/C16H12FN3O/c17-13-5-3-4-11(8-13)14-6-1-2-7-15(14)20-16(21)12-9-18-19-10-12/h1-10H,(H,18,19)(H,20,21). The lowest BCUT2D eigenvalue weighted by molar-refractivity contribution is 0.102. The Kier molecular flexibility index (Phi) is 3.47. The highest BCUT2D eigenvalue weighted by Gasteiger charge is 2.11. The molecule has 3 rings (SSSR count). The Labute approximate surface area is 120 Å². The smallest absolute Gasteiger partial charge is 0.258 e. The van der Waals surface area contributed by atoms with Crippen LogP contribution >= 0.6 is 0 Å². The van der Waals surface area contributed by atoms with Crippen LogP contribution in [0.15, 0.2) is 60.9 Å². The van der Waals surface area contributed by atoms with Crippen molar-refractivity contribution in [2.75, 3.05) is 5.32 Å². The van der Waals surface area contributed by atoms with E-state index in [0.717, 1.165) is 5.56 Å². The molecule has 0 unspecified atom stereocenters. The largest absolute Gasteiger partial charge is 0.321 e. The summed E-state index contributed by atoms with van der Waals surface area (Å²) in [6.07, 6.45) is 2.96. The number of nitrogens with zero attached hydrogens (tertiary/aromatic N) is 1. The Balaban J connectivity index is 1.95. The molecule has 0 aliphatic carbocycles. The first-order valence-electron chi connectivity index (χ1n) is 6.39. The molecule has 0 saturated heterocycles. The minimum absolute atomic E-state index is 0.271. The highest BCUT2D eigenvalue weighted by atomic mass is 19.1. The average molecular weight is 281 g/mol. The molecule has 0 fully saturated rings. The fourth-order valence-corrected chi connectivity index (χ4v) is 2.07. The molecule has 21 heavy (non-hydrogen) atoms. The minimum atomic E-state index is -0.316. The summed E-state index contributed by atoms with van der Waals surface area (Å²) in [5, 5.41) is 9.14. The molecule has 0 spiro atoms. The van der Waals surface area contributed by atoms with Crippen LogP contribution in [-0.2, 0) is 0 Å². The van der Waals surface area contributed by atoms with Crippen LogP contribution in [-0.4, -0.2) is 16.1 Å². The number of carbonyl (C=O) groups excluding carboxylic acids is 1. The van der Waals surface area contributed by atoms with Gasteiger partial charge in [0.1, 0.15) is 5.82 Å². The summed E-state index contributed by atoms with van der Waals surface area (Å²) in [7, 11) is 0.